The fourth-order valence-corrected chi connectivity index (χ4v) is 20.9. The number of benzene rings is 18. The highest BCUT2D eigenvalue weighted by atomic mass is 32.2. The molecule has 0 spiro atoms. The molecule has 0 saturated carbocycles. The summed E-state index contributed by atoms with van der Waals surface area (Å²) in [4.78, 5) is 15.0. The number of para-hydroxylation sites is 8. The van der Waals surface area contributed by atoms with Crippen molar-refractivity contribution in [2.45, 2.75) is 19.6 Å². The van der Waals surface area contributed by atoms with Crippen LogP contribution in [0, 0.1) is 0 Å². The van der Waals surface area contributed by atoms with E-state index in [0.29, 0.717) is 0 Å². The lowest BCUT2D eigenvalue weighted by atomic mass is 9.31. The number of hydrogen-bond donors (Lipinski definition) is 0. The molecule has 0 saturated heterocycles. The van der Waals surface area contributed by atoms with Gasteiger partial charge < -0.3 is 19.6 Å². The van der Waals surface area contributed by atoms with Crippen molar-refractivity contribution in [2.24, 2.45) is 0 Å². The van der Waals surface area contributed by atoms with Crippen LogP contribution in [0.15, 0.2) is 408 Å². The Labute approximate surface area is 637 Å². The summed E-state index contributed by atoms with van der Waals surface area (Å²) in [5, 5.41) is 9.66. The summed E-state index contributed by atoms with van der Waals surface area (Å²) in [7, 11) is 0. The highest BCUT2D eigenvalue weighted by Gasteiger charge is 2.48. The van der Waals surface area contributed by atoms with E-state index in [2.05, 4.69) is 408 Å². The van der Waals surface area contributed by atoms with Crippen molar-refractivity contribution in [3.05, 3.63) is 388 Å². The predicted molar refractivity (Wildman–Crippen MR) is 462 cm³/mol. The van der Waals surface area contributed by atoms with Crippen LogP contribution in [0.5, 0.6) is 0 Å². The molecule has 8 heteroatoms. The van der Waals surface area contributed by atoms with Crippen molar-refractivity contribution in [3.63, 3.8) is 0 Å². The Balaban J connectivity index is 0.931. The van der Waals surface area contributed by atoms with Crippen LogP contribution in [0.2, 0.25) is 0 Å². The van der Waals surface area contributed by atoms with Crippen molar-refractivity contribution < 1.29 is 0 Å². The van der Waals surface area contributed by atoms with Crippen LogP contribution < -0.4 is 52.4 Å². The van der Waals surface area contributed by atoms with Gasteiger partial charge in [-0.2, -0.15) is 0 Å². The molecule has 0 amide bonds. The van der Waals surface area contributed by atoms with Crippen LogP contribution in [0.25, 0.3) is 76.5 Å². The molecule has 22 rings (SSSR count). The molecule has 4 nitrogen and oxygen atoms in total. The maximum atomic E-state index is 2.72. The summed E-state index contributed by atoms with van der Waals surface area (Å²) in [6.45, 7) is -0.430. The molecular weight excluding hydrogens is 1340 g/mol. The van der Waals surface area contributed by atoms with Gasteiger partial charge in [-0.05, 0) is 214 Å². The molecule has 0 aliphatic carbocycles. The average molecular weight is 1410 g/mol. The molecule has 0 radical (unpaired) electrons. The molecule has 108 heavy (non-hydrogen) atoms. The minimum atomic E-state index is -0.215. The second-order valence-corrected chi connectivity index (χ2v) is 30.6. The van der Waals surface area contributed by atoms with Gasteiger partial charge in [0.05, 0.1) is 0 Å². The topological polar surface area (TPSA) is 13.0 Å². The van der Waals surface area contributed by atoms with Gasteiger partial charge in [-0.1, -0.05) is 301 Å². The van der Waals surface area contributed by atoms with Gasteiger partial charge >= 0.3 is 0 Å². The molecule has 4 aliphatic rings. The van der Waals surface area contributed by atoms with Gasteiger partial charge in [0.25, 0.3) is 0 Å². The number of rotatable bonds is 11. The Morgan fingerprint density at radius 3 is 0.898 bits per heavy atom. The van der Waals surface area contributed by atoms with Gasteiger partial charge in [-0.3, -0.25) is 0 Å². The SMILES string of the molecule is c1ccc(N(c2ccccc2)c2cc3c4c(c2)N(c2ccccc2)c2ccccc2B4c2cc4c(c(-c5c(-c6c7ccccc7cc7ccccc67)cccc5-c5c6ccccc6cc6ccccc56)c2S3)Sc2cc(N(c3ccccc3)c3ccccc3)cc3c2B4c2ccccc2N3c2ccccc2)cc1. The van der Waals surface area contributed by atoms with Crippen molar-refractivity contribution in [3.8, 4) is 33.4 Å². The Morgan fingerprint density at radius 2 is 0.537 bits per heavy atom. The number of anilines is 12. The van der Waals surface area contributed by atoms with Crippen LogP contribution in [0.1, 0.15) is 0 Å². The van der Waals surface area contributed by atoms with Gasteiger partial charge in [-0.25, -0.2) is 0 Å². The molecule has 502 valence electrons. The lowest BCUT2D eigenvalue weighted by Crippen LogP contribution is -2.64. The van der Waals surface area contributed by atoms with Gasteiger partial charge in [-0.15, -0.1) is 0 Å². The van der Waals surface area contributed by atoms with E-state index >= 15 is 0 Å². The quantitative estimate of drug-likeness (QED) is 0.0939. The summed E-state index contributed by atoms with van der Waals surface area (Å²) in [6, 6.07) is 146. The first-order valence-electron chi connectivity index (χ1n) is 37.2. The molecule has 0 aromatic heterocycles. The molecule has 0 unspecified atom stereocenters. The van der Waals surface area contributed by atoms with Gasteiger partial charge in [0.2, 0.25) is 13.4 Å². The van der Waals surface area contributed by atoms with Crippen LogP contribution in [-0.2, 0) is 0 Å². The largest absolute Gasteiger partial charge is 0.311 e. The van der Waals surface area contributed by atoms with Crippen LogP contribution >= 0.6 is 23.5 Å². The minimum Gasteiger partial charge on any atom is -0.311 e. The monoisotopic (exact) mass is 1410 g/mol. The smallest absolute Gasteiger partial charge is 0.249 e. The van der Waals surface area contributed by atoms with Gasteiger partial charge in [0.1, 0.15) is 0 Å². The lowest BCUT2D eigenvalue weighted by Gasteiger charge is -2.44. The summed E-state index contributed by atoms with van der Waals surface area (Å²) >= 11 is 3.94. The molecule has 4 aliphatic heterocycles. The van der Waals surface area contributed by atoms with Gasteiger partial charge in [0.15, 0.2) is 0 Å². The van der Waals surface area contributed by atoms with E-state index < -0.39 is 0 Å². The Hall–Kier alpha value is -13.0. The lowest BCUT2D eigenvalue weighted by molar-refractivity contribution is 1.22. The highest BCUT2D eigenvalue weighted by molar-refractivity contribution is 8.01. The van der Waals surface area contributed by atoms with Crippen molar-refractivity contribution in [1.82, 2.24) is 0 Å². The van der Waals surface area contributed by atoms with Crippen molar-refractivity contribution in [2.75, 3.05) is 19.6 Å². The van der Waals surface area contributed by atoms with Crippen LogP contribution in [0.3, 0.4) is 0 Å². The molecule has 0 N–H and O–H groups in total. The average Bonchev–Trinajstić information content (AvgIpc) is 0.683. The van der Waals surface area contributed by atoms with E-state index in [1.807, 2.05) is 23.5 Å². The van der Waals surface area contributed by atoms with Crippen molar-refractivity contribution >= 4 is 181 Å². The number of hydrogen-bond acceptors (Lipinski definition) is 6. The van der Waals surface area contributed by atoms with E-state index in [1.165, 1.54) is 129 Å². The Bertz CT molecular complexity index is 6080. The third-order valence-corrected chi connectivity index (χ3v) is 25.0. The number of fused-ring (bicyclic) bond motifs is 12. The molecule has 18 aromatic carbocycles. The zero-order valence-corrected chi connectivity index (χ0v) is 60.3. The predicted octanol–water partition coefficient (Wildman–Crippen LogP) is 23.8. The summed E-state index contributed by atoms with van der Waals surface area (Å²) in [6.07, 6.45) is 0. The molecule has 4 heterocycles. The zero-order valence-electron chi connectivity index (χ0n) is 58.7. The Morgan fingerprint density at radius 1 is 0.222 bits per heavy atom. The first kappa shape index (κ1) is 62.4. The molecule has 18 aromatic rings. The summed E-state index contributed by atoms with van der Waals surface area (Å²) in [5.41, 5.74) is 28.4. The first-order chi connectivity index (χ1) is 53.6. The molecule has 0 bridgehead atoms. The summed E-state index contributed by atoms with van der Waals surface area (Å²) < 4.78 is 0. The van der Waals surface area contributed by atoms with E-state index in [-0.39, 0.29) is 13.4 Å². The maximum Gasteiger partial charge on any atom is 0.249 e. The summed E-state index contributed by atoms with van der Waals surface area (Å²) in [5.74, 6) is 0. The van der Waals surface area contributed by atoms with Crippen molar-refractivity contribution in [1.29, 1.82) is 0 Å². The second-order valence-electron chi connectivity index (χ2n) is 28.5. The van der Waals surface area contributed by atoms with E-state index in [0.717, 1.165) is 68.2 Å². The fourth-order valence-electron chi connectivity index (χ4n) is 18.2. The van der Waals surface area contributed by atoms with E-state index in [9.17, 15) is 0 Å². The Kier molecular flexibility index (Phi) is 14.7. The normalized spacial score (nSPS) is 12.9. The molecular formula is C100H64B2N4S2. The maximum absolute atomic E-state index is 2.72. The van der Waals surface area contributed by atoms with Crippen LogP contribution in [-0.4, -0.2) is 13.4 Å². The van der Waals surface area contributed by atoms with Gasteiger partial charge in [0, 0.05) is 93.4 Å². The van der Waals surface area contributed by atoms with E-state index in [4.69, 9.17) is 0 Å². The van der Waals surface area contributed by atoms with Crippen LogP contribution in [0.4, 0.5) is 68.2 Å². The van der Waals surface area contributed by atoms with E-state index in [1.54, 1.807) is 0 Å². The molecule has 0 fully saturated rings. The number of nitrogens with zero attached hydrogens (tertiary/aromatic N) is 4. The molecule has 0 atom stereocenters. The zero-order chi connectivity index (χ0) is 70.9. The fraction of sp³-hybridized carbons (Fsp3) is 0. The third kappa shape index (κ3) is 9.84. The third-order valence-electron chi connectivity index (χ3n) is 22.6. The second kappa shape index (κ2) is 25.4. The highest BCUT2D eigenvalue weighted by Crippen LogP contribution is 2.57. The standard InChI is InChI=1S/C100H64B2N4S2/c1-7-36-69(37-8-1)103(70-38-9-2-10-39-70)75-60-89-97-91(62-75)107-99-85(101(97)83-54-27-29-56-87(83)105(89)73-44-15-5-16-45-73)64-86-100(108-92-63-76(104(71-40-11-3-12-41-71)72-42-13-4-14-43-72)61-90-98(92)102(86)84-55-28-30-57-88(84)106(90)74-46-17-6-18-47-74)96(99)95-81(93-77-48-23-19-32-65(77)58-66-33-20-24-49-78(66)93)52-31-53-82(95)94-79-50-25-21-34-67(79)59-68-35-22-26-51-80(68)94/h1-64H. The minimum absolute atomic E-state index is 0.215. The first-order valence-corrected chi connectivity index (χ1v) is 38.8.